The number of benzene rings is 1. The fraction of sp³-hybridized carbons (Fsp3) is 0.500. The number of carbonyl (C=O) groups is 1. The minimum Gasteiger partial charge on any atom is -0.507 e. The molecule has 1 fully saturated rings. The summed E-state index contributed by atoms with van der Waals surface area (Å²) >= 11 is 9.42. The van der Waals surface area contributed by atoms with Crippen LogP contribution in [0, 0.1) is 5.92 Å². The van der Waals surface area contributed by atoms with Gasteiger partial charge in [0.25, 0.3) is 5.91 Å². The molecule has 1 aliphatic rings. The van der Waals surface area contributed by atoms with Crippen molar-refractivity contribution in [2.75, 3.05) is 13.1 Å². The van der Waals surface area contributed by atoms with Gasteiger partial charge in [0.1, 0.15) is 5.75 Å². The van der Waals surface area contributed by atoms with Crippen LogP contribution in [0.4, 0.5) is 0 Å². The predicted molar refractivity (Wildman–Crippen MR) is 79.7 cm³/mol. The fourth-order valence-corrected chi connectivity index (χ4v) is 3.02. The van der Waals surface area contributed by atoms with E-state index in [0.717, 1.165) is 17.3 Å². The normalized spacial score (nSPS) is 18.4. The smallest absolute Gasteiger partial charge is 0.257 e. The van der Waals surface area contributed by atoms with Gasteiger partial charge in [0.2, 0.25) is 0 Å². The Bertz CT molecular complexity index is 471. The maximum Gasteiger partial charge on any atom is 0.257 e. The Kier molecular flexibility index (Phi) is 4.74. The molecule has 2 rings (SSSR count). The summed E-state index contributed by atoms with van der Waals surface area (Å²) in [5.74, 6) is 0.391. The number of alkyl halides is 1. The van der Waals surface area contributed by atoms with Crippen molar-refractivity contribution >= 4 is 33.4 Å². The third kappa shape index (κ3) is 3.42. The summed E-state index contributed by atoms with van der Waals surface area (Å²) in [5.41, 5.74) is 0.353. The van der Waals surface area contributed by atoms with Gasteiger partial charge in [-0.2, -0.15) is 0 Å². The van der Waals surface area contributed by atoms with Gasteiger partial charge in [-0.05, 0) is 43.9 Å². The first-order valence-corrected chi connectivity index (χ1v) is 7.64. The van der Waals surface area contributed by atoms with Crippen molar-refractivity contribution in [3.8, 4) is 5.75 Å². The number of hydrogen-bond donors (Lipinski definition) is 1. The van der Waals surface area contributed by atoms with Gasteiger partial charge in [-0.25, -0.2) is 0 Å². The van der Waals surface area contributed by atoms with E-state index in [0.29, 0.717) is 24.6 Å². The van der Waals surface area contributed by atoms with Gasteiger partial charge in [-0.1, -0.05) is 15.9 Å². The van der Waals surface area contributed by atoms with E-state index in [4.69, 9.17) is 11.6 Å². The van der Waals surface area contributed by atoms with E-state index in [9.17, 15) is 9.90 Å². The summed E-state index contributed by atoms with van der Waals surface area (Å²) in [5, 5.41) is 9.94. The molecule has 0 radical (unpaired) electrons. The monoisotopic (exact) mass is 345 g/mol. The summed E-state index contributed by atoms with van der Waals surface area (Å²) in [4.78, 5) is 14.2. The summed E-state index contributed by atoms with van der Waals surface area (Å²) < 4.78 is 0.790. The van der Waals surface area contributed by atoms with Crippen molar-refractivity contribution in [3.63, 3.8) is 0 Å². The molecule has 0 aliphatic carbocycles. The van der Waals surface area contributed by atoms with Crippen LogP contribution in [0.15, 0.2) is 22.7 Å². The number of hydrogen-bond acceptors (Lipinski definition) is 2. The van der Waals surface area contributed by atoms with Crippen LogP contribution in [-0.2, 0) is 0 Å². The molecule has 0 saturated carbocycles. The fourth-order valence-electron chi connectivity index (χ4n) is 2.41. The molecule has 5 heteroatoms. The molecule has 0 bridgehead atoms. The molecule has 1 aromatic rings. The van der Waals surface area contributed by atoms with Gasteiger partial charge >= 0.3 is 0 Å². The second kappa shape index (κ2) is 6.14. The average molecular weight is 347 g/mol. The number of nitrogens with zero attached hydrogens (tertiary/aromatic N) is 1. The van der Waals surface area contributed by atoms with Crippen molar-refractivity contribution in [2.24, 2.45) is 5.92 Å². The van der Waals surface area contributed by atoms with Crippen LogP contribution in [0.3, 0.4) is 0 Å². The second-order valence-corrected chi connectivity index (χ2v) is 6.57. The minimum atomic E-state index is -0.112. The number of phenols is 1. The molecule has 1 saturated heterocycles. The van der Waals surface area contributed by atoms with Crippen molar-refractivity contribution in [1.29, 1.82) is 0 Å². The first kappa shape index (κ1) is 14.7. The van der Waals surface area contributed by atoms with E-state index in [1.54, 1.807) is 17.0 Å². The molecule has 1 unspecified atom stereocenters. The van der Waals surface area contributed by atoms with E-state index < -0.39 is 0 Å². The standard InChI is InChI=1S/C14H17BrClNO2/c1-9(16)10-4-6-17(7-5-10)14(19)12-8-11(15)2-3-13(12)18/h2-3,8-10,18H,4-7H2,1H3. The van der Waals surface area contributed by atoms with Crippen LogP contribution < -0.4 is 0 Å². The van der Waals surface area contributed by atoms with Gasteiger partial charge < -0.3 is 10.0 Å². The van der Waals surface area contributed by atoms with Crippen LogP contribution >= 0.6 is 27.5 Å². The number of amides is 1. The highest BCUT2D eigenvalue weighted by molar-refractivity contribution is 9.10. The Morgan fingerprint density at radius 2 is 2.11 bits per heavy atom. The number of piperidine rings is 1. The maximum atomic E-state index is 12.4. The SMILES string of the molecule is CC(Cl)C1CCN(C(=O)c2cc(Br)ccc2O)CC1. The molecule has 1 amide bonds. The molecule has 0 spiro atoms. The van der Waals surface area contributed by atoms with E-state index in [1.165, 1.54) is 6.07 Å². The molecule has 3 nitrogen and oxygen atoms in total. The zero-order valence-electron chi connectivity index (χ0n) is 10.8. The van der Waals surface area contributed by atoms with Gasteiger partial charge in [0.05, 0.1) is 5.56 Å². The molecule has 104 valence electrons. The molecular formula is C14H17BrClNO2. The number of carbonyl (C=O) groups excluding carboxylic acids is 1. The van der Waals surface area contributed by atoms with Crippen LogP contribution in [-0.4, -0.2) is 34.4 Å². The van der Waals surface area contributed by atoms with Gasteiger partial charge in [-0.3, -0.25) is 4.79 Å². The van der Waals surface area contributed by atoms with Gasteiger partial charge in [0.15, 0.2) is 0 Å². The van der Waals surface area contributed by atoms with Crippen LogP contribution in [0.5, 0.6) is 5.75 Å². The minimum absolute atomic E-state index is 0.0287. The number of likely N-dealkylation sites (tertiary alicyclic amines) is 1. The van der Waals surface area contributed by atoms with Gasteiger partial charge in [0, 0.05) is 22.9 Å². The summed E-state index contributed by atoms with van der Waals surface area (Å²) in [6.07, 6.45) is 1.84. The molecule has 1 atom stereocenters. The lowest BCUT2D eigenvalue weighted by Gasteiger charge is -2.33. The number of phenolic OH excluding ortho intramolecular Hbond substituents is 1. The lowest BCUT2D eigenvalue weighted by Crippen LogP contribution is -2.40. The van der Waals surface area contributed by atoms with Crippen molar-refractivity contribution in [2.45, 2.75) is 25.1 Å². The quantitative estimate of drug-likeness (QED) is 0.831. The Morgan fingerprint density at radius 3 is 2.68 bits per heavy atom. The lowest BCUT2D eigenvalue weighted by atomic mass is 9.93. The highest BCUT2D eigenvalue weighted by Gasteiger charge is 2.27. The number of halogens is 2. The molecular weight excluding hydrogens is 330 g/mol. The van der Waals surface area contributed by atoms with E-state index in [-0.39, 0.29) is 17.0 Å². The average Bonchev–Trinajstić information content (AvgIpc) is 2.41. The molecule has 1 heterocycles. The van der Waals surface area contributed by atoms with E-state index >= 15 is 0 Å². The zero-order valence-corrected chi connectivity index (χ0v) is 13.1. The molecule has 19 heavy (non-hydrogen) atoms. The molecule has 1 aromatic carbocycles. The highest BCUT2D eigenvalue weighted by atomic mass is 79.9. The second-order valence-electron chi connectivity index (χ2n) is 4.97. The summed E-state index contributed by atoms with van der Waals surface area (Å²) in [7, 11) is 0. The van der Waals surface area contributed by atoms with E-state index in [1.807, 2.05) is 6.92 Å². The Morgan fingerprint density at radius 1 is 1.47 bits per heavy atom. The third-order valence-corrected chi connectivity index (χ3v) is 4.52. The number of rotatable bonds is 2. The van der Waals surface area contributed by atoms with Crippen LogP contribution in [0.2, 0.25) is 0 Å². The summed E-state index contributed by atoms with van der Waals surface area (Å²) in [6.45, 7) is 3.41. The van der Waals surface area contributed by atoms with Crippen molar-refractivity contribution in [3.05, 3.63) is 28.2 Å². The number of aromatic hydroxyl groups is 1. The topological polar surface area (TPSA) is 40.5 Å². The van der Waals surface area contributed by atoms with Crippen molar-refractivity contribution < 1.29 is 9.90 Å². The Labute approximate surface area is 126 Å². The molecule has 1 aliphatic heterocycles. The third-order valence-electron chi connectivity index (χ3n) is 3.67. The predicted octanol–water partition coefficient (Wildman–Crippen LogP) is 3.63. The first-order valence-electron chi connectivity index (χ1n) is 6.41. The van der Waals surface area contributed by atoms with Crippen LogP contribution in [0.25, 0.3) is 0 Å². The molecule has 0 aromatic heterocycles. The van der Waals surface area contributed by atoms with Crippen LogP contribution in [0.1, 0.15) is 30.1 Å². The zero-order chi connectivity index (χ0) is 14.0. The molecule has 1 N–H and O–H groups in total. The Hall–Kier alpha value is -0.740. The largest absolute Gasteiger partial charge is 0.507 e. The Balaban J connectivity index is 2.07. The first-order chi connectivity index (χ1) is 8.99. The maximum absolute atomic E-state index is 12.4. The highest BCUT2D eigenvalue weighted by Crippen LogP contribution is 2.27. The lowest BCUT2D eigenvalue weighted by molar-refractivity contribution is 0.0687. The van der Waals surface area contributed by atoms with Gasteiger partial charge in [-0.15, -0.1) is 11.6 Å². The van der Waals surface area contributed by atoms with E-state index in [2.05, 4.69) is 15.9 Å². The summed E-state index contributed by atoms with van der Waals surface area (Å²) in [6, 6.07) is 4.91. The van der Waals surface area contributed by atoms with Crippen molar-refractivity contribution in [1.82, 2.24) is 4.90 Å².